The third-order valence-electron chi connectivity index (χ3n) is 2.73. The molecule has 21 heavy (non-hydrogen) atoms. The van der Waals surface area contributed by atoms with Gasteiger partial charge >= 0.3 is 0 Å². The highest BCUT2D eigenvalue weighted by molar-refractivity contribution is 8.00. The van der Waals surface area contributed by atoms with Crippen molar-refractivity contribution in [2.75, 3.05) is 11.1 Å². The number of rotatable bonds is 6. The molecule has 3 N–H and O–H groups in total. The largest absolute Gasteiger partial charge is 0.380 e. The van der Waals surface area contributed by atoms with Crippen LogP contribution in [0.1, 0.15) is 5.56 Å². The zero-order chi connectivity index (χ0) is 15.2. The molecule has 3 nitrogen and oxygen atoms in total. The molecule has 2 rings (SSSR count). The predicted octanol–water partition coefficient (Wildman–Crippen LogP) is 4.18. The molecule has 0 spiro atoms. The third kappa shape index (κ3) is 4.84. The van der Waals surface area contributed by atoms with Crippen LogP contribution in [0.25, 0.3) is 0 Å². The van der Waals surface area contributed by atoms with Crippen molar-refractivity contribution in [1.29, 1.82) is 0 Å². The second-order valence-electron chi connectivity index (χ2n) is 4.34. The smallest absolute Gasteiger partial charge is 0.227 e. The Morgan fingerprint density at radius 1 is 1.19 bits per heavy atom. The maximum absolute atomic E-state index is 10.9. The molecule has 6 heteroatoms. The number of primary amides is 1. The molecule has 0 saturated heterocycles. The molecule has 0 radical (unpaired) electrons. The van der Waals surface area contributed by atoms with Gasteiger partial charge in [0.25, 0.3) is 0 Å². The number of para-hydroxylation sites is 1. The van der Waals surface area contributed by atoms with Crippen molar-refractivity contribution in [2.45, 2.75) is 11.4 Å². The van der Waals surface area contributed by atoms with Crippen LogP contribution in [0, 0.1) is 0 Å². The number of thioether (sulfide) groups is 1. The van der Waals surface area contributed by atoms with Crippen LogP contribution in [0.5, 0.6) is 0 Å². The van der Waals surface area contributed by atoms with Gasteiger partial charge in [-0.15, -0.1) is 11.8 Å². The Morgan fingerprint density at radius 2 is 1.95 bits per heavy atom. The molecule has 0 aliphatic heterocycles. The van der Waals surface area contributed by atoms with Crippen LogP contribution in [-0.4, -0.2) is 11.7 Å². The minimum atomic E-state index is -0.340. The lowest BCUT2D eigenvalue weighted by Gasteiger charge is -2.12. The van der Waals surface area contributed by atoms with Crippen LogP contribution in [-0.2, 0) is 11.3 Å². The standard InChI is InChI=1S/C15H14Cl2N2OS/c16-11-5-6-12(17)10(7-11)8-19-13-3-1-2-4-14(13)21-9-15(18)20/h1-7,19H,8-9H2,(H2,18,20). The van der Waals surface area contributed by atoms with E-state index < -0.39 is 0 Å². The highest BCUT2D eigenvalue weighted by Crippen LogP contribution is 2.28. The minimum Gasteiger partial charge on any atom is -0.380 e. The number of amides is 1. The normalized spacial score (nSPS) is 10.4. The van der Waals surface area contributed by atoms with Gasteiger partial charge in [0.15, 0.2) is 0 Å². The lowest BCUT2D eigenvalue weighted by atomic mass is 10.2. The molecular weight excluding hydrogens is 327 g/mol. The van der Waals surface area contributed by atoms with Crippen molar-refractivity contribution in [1.82, 2.24) is 0 Å². The summed E-state index contributed by atoms with van der Waals surface area (Å²) in [5.74, 6) is -0.0935. The van der Waals surface area contributed by atoms with E-state index >= 15 is 0 Å². The first kappa shape index (κ1) is 16.0. The number of nitrogens with two attached hydrogens (primary N) is 1. The zero-order valence-electron chi connectivity index (χ0n) is 11.1. The zero-order valence-corrected chi connectivity index (χ0v) is 13.4. The molecule has 2 aromatic rings. The Hall–Kier alpha value is -1.36. The molecule has 0 heterocycles. The molecule has 0 unspecified atom stereocenters. The van der Waals surface area contributed by atoms with E-state index in [1.165, 1.54) is 11.8 Å². The fourth-order valence-corrected chi connectivity index (χ4v) is 2.90. The Morgan fingerprint density at radius 3 is 2.71 bits per heavy atom. The van der Waals surface area contributed by atoms with Gasteiger partial charge < -0.3 is 11.1 Å². The summed E-state index contributed by atoms with van der Waals surface area (Å²) in [5, 5.41) is 4.61. The van der Waals surface area contributed by atoms with Gasteiger partial charge in [-0.05, 0) is 35.9 Å². The quantitative estimate of drug-likeness (QED) is 0.775. The van der Waals surface area contributed by atoms with Crippen LogP contribution < -0.4 is 11.1 Å². The van der Waals surface area contributed by atoms with Crippen molar-refractivity contribution >= 4 is 46.6 Å². The molecule has 0 aliphatic rings. The predicted molar refractivity (Wildman–Crippen MR) is 90.1 cm³/mol. The van der Waals surface area contributed by atoms with Gasteiger partial charge in [-0.1, -0.05) is 35.3 Å². The summed E-state index contributed by atoms with van der Waals surface area (Å²) in [7, 11) is 0. The van der Waals surface area contributed by atoms with Crippen LogP contribution >= 0.6 is 35.0 Å². The van der Waals surface area contributed by atoms with E-state index in [1.54, 1.807) is 12.1 Å². The lowest BCUT2D eigenvalue weighted by molar-refractivity contribution is -0.115. The number of hydrogen-bond donors (Lipinski definition) is 2. The molecule has 0 saturated carbocycles. The van der Waals surface area contributed by atoms with Crippen molar-refractivity contribution in [3.05, 3.63) is 58.1 Å². The summed E-state index contributed by atoms with van der Waals surface area (Å²) in [6, 6.07) is 13.1. The minimum absolute atomic E-state index is 0.247. The van der Waals surface area contributed by atoms with E-state index in [2.05, 4.69) is 5.32 Å². The maximum Gasteiger partial charge on any atom is 0.227 e. The van der Waals surface area contributed by atoms with Gasteiger partial charge in [0, 0.05) is 27.2 Å². The molecule has 2 aromatic carbocycles. The van der Waals surface area contributed by atoms with Gasteiger partial charge in [0.1, 0.15) is 0 Å². The summed E-state index contributed by atoms with van der Waals surface area (Å²) in [4.78, 5) is 11.9. The summed E-state index contributed by atoms with van der Waals surface area (Å²) >= 11 is 13.5. The van der Waals surface area contributed by atoms with E-state index in [0.29, 0.717) is 16.6 Å². The van der Waals surface area contributed by atoms with Gasteiger partial charge in [-0.25, -0.2) is 0 Å². The fourth-order valence-electron chi connectivity index (χ4n) is 1.76. The second-order valence-corrected chi connectivity index (χ2v) is 6.20. The number of nitrogens with one attached hydrogen (secondary N) is 1. The number of carbonyl (C=O) groups excluding carboxylic acids is 1. The monoisotopic (exact) mass is 340 g/mol. The summed E-state index contributed by atoms with van der Waals surface area (Å²) in [6.45, 7) is 0.549. The highest BCUT2D eigenvalue weighted by atomic mass is 35.5. The molecule has 1 amide bonds. The number of halogens is 2. The van der Waals surface area contributed by atoms with Crippen LogP contribution in [0.4, 0.5) is 5.69 Å². The first-order valence-corrected chi connectivity index (χ1v) is 7.98. The van der Waals surface area contributed by atoms with E-state index in [-0.39, 0.29) is 11.7 Å². The van der Waals surface area contributed by atoms with Crippen LogP contribution in [0.2, 0.25) is 10.0 Å². The second kappa shape index (κ2) is 7.59. The van der Waals surface area contributed by atoms with Crippen LogP contribution in [0.15, 0.2) is 47.4 Å². The van der Waals surface area contributed by atoms with Crippen molar-refractivity contribution in [3.63, 3.8) is 0 Å². The highest BCUT2D eigenvalue weighted by Gasteiger charge is 2.06. The number of benzene rings is 2. The average molecular weight is 341 g/mol. The van der Waals surface area contributed by atoms with Gasteiger partial charge in [0.05, 0.1) is 5.75 Å². The summed E-state index contributed by atoms with van der Waals surface area (Å²) in [5.41, 5.74) is 7.03. The lowest BCUT2D eigenvalue weighted by Crippen LogP contribution is -2.13. The Labute approximate surface area is 137 Å². The number of carbonyl (C=O) groups is 1. The molecular formula is C15H14Cl2N2OS. The molecule has 0 aromatic heterocycles. The first-order chi connectivity index (χ1) is 10.1. The van der Waals surface area contributed by atoms with Gasteiger partial charge in [0.2, 0.25) is 5.91 Å². The molecule has 110 valence electrons. The van der Waals surface area contributed by atoms with E-state index in [9.17, 15) is 4.79 Å². The number of anilines is 1. The van der Waals surface area contributed by atoms with E-state index in [0.717, 1.165) is 16.1 Å². The molecule has 0 bridgehead atoms. The number of hydrogen-bond acceptors (Lipinski definition) is 3. The van der Waals surface area contributed by atoms with Gasteiger partial charge in [-0.3, -0.25) is 4.79 Å². The fraction of sp³-hybridized carbons (Fsp3) is 0.133. The Kier molecular flexibility index (Phi) is 5.79. The Bertz CT molecular complexity index is 649. The summed E-state index contributed by atoms with van der Waals surface area (Å²) < 4.78 is 0. The Balaban J connectivity index is 2.09. The van der Waals surface area contributed by atoms with Crippen molar-refractivity contribution < 1.29 is 4.79 Å². The summed E-state index contributed by atoms with van der Waals surface area (Å²) in [6.07, 6.45) is 0. The molecule has 0 fully saturated rings. The van der Waals surface area contributed by atoms with Gasteiger partial charge in [-0.2, -0.15) is 0 Å². The van der Waals surface area contributed by atoms with Crippen LogP contribution in [0.3, 0.4) is 0 Å². The topological polar surface area (TPSA) is 55.1 Å². The van der Waals surface area contributed by atoms with Crippen molar-refractivity contribution in [2.24, 2.45) is 5.73 Å². The molecule has 0 atom stereocenters. The van der Waals surface area contributed by atoms with E-state index in [4.69, 9.17) is 28.9 Å². The average Bonchev–Trinajstić information content (AvgIpc) is 2.47. The SMILES string of the molecule is NC(=O)CSc1ccccc1NCc1cc(Cl)ccc1Cl. The van der Waals surface area contributed by atoms with E-state index in [1.807, 2.05) is 30.3 Å². The maximum atomic E-state index is 10.9. The third-order valence-corrected chi connectivity index (χ3v) is 4.43. The van der Waals surface area contributed by atoms with Crippen molar-refractivity contribution in [3.8, 4) is 0 Å². The molecule has 0 aliphatic carbocycles. The first-order valence-electron chi connectivity index (χ1n) is 6.24.